The minimum atomic E-state index is 0.141. The van der Waals surface area contributed by atoms with Crippen LogP contribution in [0, 0.1) is 0 Å². The van der Waals surface area contributed by atoms with Crippen LogP contribution < -0.4 is 5.32 Å². The SMILES string of the molecule is C1CO[C@@H](CN2CCOC3(CCNCC3)C2)C1. The number of ether oxygens (including phenoxy) is 2. The Hall–Kier alpha value is -0.160. The fraction of sp³-hybridized carbons (Fsp3) is 1.00. The van der Waals surface area contributed by atoms with Gasteiger partial charge in [0.1, 0.15) is 0 Å². The zero-order valence-electron chi connectivity index (χ0n) is 10.6. The first-order valence-corrected chi connectivity index (χ1v) is 7.05. The van der Waals surface area contributed by atoms with E-state index in [9.17, 15) is 0 Å². The van der Waals surface area contributed by atoms with Crippen molar-refractivity contribution in [3.8, 4) is 0 Å². The van der Waals surface area contributed by atoms with E-state index in [1.54, 1.807) is 0 Å². The highest BCUT2D eigenvalue weighted by molar-refractivity contribution is 4.92. The molecule has 98 valence electrons. The largest absolute Gasteiger partial charge is 0.377 e. The summed E-state index contributed by atoms with van der Waals surface area (Å²) in [5, 5.41) is 3.42. The van der Waals surface area contributed by atoms with Crippen LogP contribution in [0.2, 0.25) is 0 Å². The molecule has 3 fully saturated rings. The Morgan fingerprint density at radius 2 is 2.12 bits per heavy atom. The van der Waals surface area contributed by atoms with Crippen molar-refractivity contribution in [3.05, 3.63) is 0 Å². The molecule has 0 aromatic rings. The lowest BCUT2D eigenvalue weighted by Crippen LogP contribution is -2.57. The standard InChI is InChI=1S/C13H24N2O2/c1-2-12(16-8-1)10-15-7-9-17-13(11-15)3-5-14-6-4-13/h12,14H,1-11H2/t12-/m1/s1. The van der Waals surface area contributed by atoms with Gasteiger partial charge in [-0.15, -0.1) is 0 Å². The molecule has 3 rings (SSSR count). The first kappa shape index (κ1) is 11.9. The average Bonchev–Trinajstić information content (AvgIpc) is 2.83. The second-order valence-corrected chi connectivity index (χ2v) is 5.65. The molecule has 0 amide bonds. The van der Waals surface area contributed by atoms with Gasteiger partial charge in [-0.3, -0.25) is 4.90 Å². The van der Waals surface area contributed by atoms with E-state index in [4.69, 9.17) is 9.47 Å². The fourth-order valence-corrected chi connectivity index (χ4v) is 3.34. The molecule has 3 aliphatic rings. The highest BCUT2D eigenvalue weighted by Crippen LogP contribution is 2.28. The van der Waals surface area contributed by atoms with Gasteiger partial charge in [-0.05, 0) is 38.8 Å². The van der Waals surface area contributed by atoms with E-state index < -0.39 is 0 Å². The van der Waals surface area contributed by atoms with Gasteiger partial charge < -0.3 is 14.8 Å². The van der Waals surface area contributed by atoms with Crippen molar-refractivity contribution in [3.63, 3.8) is 0 Å². The maximum Gasteiger partial charge on any atom is 0.0833 e. The molecular formula is C13H24N2O2. The van der Waals surface area contributed by atoms with Crippen LogP contribution in [0.25, 0.3) is 0 Å². The van der Waals surface area contributed by atoms with Gasteiger partial charge in [0.05, 0.1) is 18.3 Å². The lowest BCUT2D eigenvalue weighted by Gasteiger charge is -2.45. The number of morpholine rings is 1. The van der Waals surface area contributed by atoms with Gasteiger partial charge in [-0.2, -0.15) is 0 Å². The van der Waals surface area contributed by atoms with Gasteiger partial charge in [-0.1, -0.05) is 0 Å². The molecule has 3 saturated heterocycles. The highest BCUT2D eigenvalue weighted by Gasteiger charge is 2.38. The number of nitrogens with zero attached hydrogens (tertiary/aromatic N) is 1. The maximum atomic E-state index is 6.08. The lowest BCUT2D eigenvalue weighted by atomic mass is 9.90. The van der Waals surface area contributed by atoms with Crippen molar-refractivity contribution < 1.29 is 9.47 Å². The topological polar surface area (TPSA) is 33.7 Å². The van der Waals surface area contributed by atoms with Crippen molar-refractivity contribution in [1.82, 2.24) is 10.2 Å². The molecule has 0 aromatic heterocycles. The predicted octanol–water partition coefficient (Wildman–Crippen LogP) is 0.620. The molecule has 0 aliphatic carbocycles. The normalized spacial score (nSPS) is 34.2. The number of hydrogen-bond donors (Lipinski definition) is 1. The van der Waals surface area contributed by atoms with Crippen LogP contribution in [0.1, 0.15) is 25.7 Å². The minimum absolute atomic E-state index is 0.141. The highest BCUT2D eigenvalue weighted by atomic mass is 16.5. The number of rotatable bonds is 2. The third-order valence-electron chi connectivity index (χ3n) is 4.33. The lowest BCUT2D eigenvalue weighted by molar-refractivity contribution is -0.128. The Morgan fingerprint density at radius 1 is 1.24 bits per heavy atom. The minimum Gasteiger partial charge on any atom is -0.377 e. The van der Waals surface area contributed by atoms with Crippen LogP contribution in [-0.4, -0.2) is 62.5 Å². The Morgan fingerprint density at radius 3 is 2.88 bits per heavy atom. The van der Waals surface area contributed by atoms with E-state index >= 15 is 0 Å². The van der Waals surface area contributed by atoms with Crippen molar-refractivity contribution >= 4 is 0 Å². The van der Waals surface area contributed by atoms with Gasteiger partial charge in [0, 0.05) is 26.2 Å². The van der Waals surface area contributed by atoms with E-state index in [2.05, 4.69) is 10.2 Å². The quantitative estimate of drug-likeness (QED) is 0.767. The van der Waals surface area contributed by atoms with E-state index in [1.807, 2.05) is 0 Å². The van der Waals surface area contributed by atoms with Gasteiger partial charge in [-0.25, -0.2) is 0 Å². The average molecular weight is 240 g/mol. The molecule has 1 spiro atoms. The summed E-state index contributed by atoms with van der Waals surface area (Å²) < 4.78 is 11.8. The number of piperidine rings is 1. The van der Waals surface area contributed by atoms with Crippen molar-refractivity contribution in [1.29, 1.82) is 0 Å². The van der Waals surface area contributed by atoms with E-state index in [0.29, 0.717) is 6.10 Å². The summed E-state index contributed by atoms with van der Waals surface area (Å²) in [7, 11) is 0. The monoisotopic (exact) mass is 240 g/mol. The molecule has 1 atom stereocenters. The molecule has 4 heteroatoms. The van der Waals surface area contributed by atoms with Crippen molar-refractivity contribution in [2.75, 3.05) is 45.9 Å². The molecule has 0 unspecified atom stereocenters. The van der Waals surface area contributed by atoms with Crippen molar-refractivity contribution in [2.45, 2.75) is 37.4 Å². The van der Waals surface area contributed by atoms with E-state index in [-0.39, 0.29) is 5.60 Å². The molecule has 3 aliphatic heterocycles. The van der Waals surface area contributed by atoms with E-state index in [0.717, 1.165) is 58.8 Å². The molecular weight excluding hydrogens is 216 g/mol. The first-order valence-electron chi connectivity index (χ1n) is 7.05. The molecule has 0 aromatic carbocycles. The van der Waals surface area contributed by atoms with Crippen molar-refractivity contribution in [2.24, 2.45) is 0 Å². The Bertz CT molecular complexity index is 242. The van der Waals surface area contributed by atoms with Gasteiger partial charge >= 0.3 is 0 Å². The summed E-state index contributed by atoms with van der Waals surface area (Å²) in [4.78, 5) is 2.56. The van der Waals surface area contributed by atoms with Crippen LogP contribution in [0.5, 0.6) is 0 Å². The maximum absolute atomic E-state index is 6.08. The molecule has 0 saturated carbocycles. The molecule has 17 heavy (non-hydrogen) atoms. The zero-order chi connectivity index (χ0) is 11.6. The second kappa shape index (κ2) is 5.22. The molecule has 4 nitrogen and oxygen atoms in total. The predicted molar refractivity (Wildman–Crippen MR) is 66.2 cm³/mol. The fourth-order valence-electron chi connectivity index (χ4n) is 3.34. The Balaban J connectivity index is 1.55. The third-order valence-corrected chi connectivity index (χ3v) is 4.33. The Kier molecular flexibility index (Phi) is 3.66. The summed E-state index contributed by atoms with van der Waals surface area (Å²) in [6, 6.07) is 0. The summed E-state index contributed by atoms with van der Waals surface area (Å²) in [6.07, 6.45) is 5.28. The van der Waals surface area contributed by atoms with Gasteiger partial charge in [0.15, 0.2) is 0 Å². The zero-order valence-corrected chi connectivity index (χ0v) is 10.6. The number of nitrogens with one attached hydrogen (secondary N) is 1. The smallest absolute Gasteiger partial charge is 0.0833 e. The molecule has 3 heterocycles. The molecule has 0 radical (unpaired) electrons. The van der Waals surface area contributed by atoms with E-state index in [1.165, 1.54) is 12.8 Å². The molecule has 1 N–H and O–H groups in total. The molecule has 0 bridgehead atoms. The van der Waals surface area contributed by atoms with Crippen LogP contribution in [0.4, 0.5) is 0 Å². The third kappa shape index (κ3) is 2.81. The van der Waals surface area contributed by atoms with Crippen LogP contribution >= 0.6 is 0 Å². The van der Waals surface area contributed by atoms with Crippen LogP contribution in [0.3, 0.4) is 0 Å². The number of hydrogen-bond acceptors (Lipinski definition) is 4. The Labute approximate surface area is 104 Å². The summed E-state index contributed by atoms with van der Waals surface area (Å²) in [5.41, 5.74) is 0.141. The summed E-state index contributed by atoms with van der Waals surface area (Å²) in [6.45, 7) is 7.36. The van der Waals surface area contributed by atoms with Crippen LogP contribution in [0.15, 0.2) is 0 Å². The second-order valence-electron chi connectivity index (χ2n) is 5.65. The summed E-state index contributed by atoms with van der Waals surface area (Å²) in [5.74, 6) is 0. The first-order chi connectivity index (χ1) is 8.36. The summed E-state index contributed by atoms with van der Waals surface area (Å²) >= 11 is 0. The van der Waals surface area contributed by atoms with Crippen LogP contribution in [-0.2, 0) is 9.47 Å². The van der Waals surface area contributed by atoms with Gasteiger partial charge in [0.25, 0.3) is 0 Å². The van der Waals surface area contributed by atoms with Gasteiger partial charge in [0.2, 0.25) is 0 Å².